The maximum atomic E-state index is 12.1. The molecule has 1 aliphatic carbocycles. The number of alkyl halides is 3. The summed E-state index contributed by atoms with van der Waals surface area (Å²) < 4.78 is 36.4. The lowest BCUT2D eigenvalue weighted by atomic mass is 9.78. The van der Waals surface area contributed by atoms with Gasteiger partial charge in [0.05, 0.1) is 6.54 Å². The normalized spacial score (nSPS) is 30.9. The number of halogens is 3. The summed E-state index contributed by atoms with van der Waals surface area (Å²) in [4.78, 5) is 2.46. The van der Waals surface area contributed by atoms with Crippen molar-refractivity contribution < 1.29 is 13.2 Å². The number of likely N-dealkylation sites (tertiary alicyclic amines) is 1. The summed E-state index contributed by atoms with van der Waals surface area (Å²) in [6.45, 7) is 2.67. The number of nitrogens with zero attached hydrogens (tertiary/aromatic N) is 1. The Kier molecular flexibility index (Phi) is 5.12. The molecule has 3 unspecified atom stereocenters. The van der Waals surface area contributed by atoms with Crippen molar-refractivity contribution in [2.45, 2.75) is 63.7 Å². The maximum Gasteiger partial charge on any atom is 0.401 e. The largest absolute Gasteiger partial charge is 0.401 e. The molecular weight excluding hydrogens is 253 g/mol. The van der Waals surface area contributed by atoms with Crippen molar-refractivity contribution in [3.63, 3.8) is 0 Å². The van der Waals surface area contributed by atoms with Crippen LogP contribution in [0, 0.1) is 5.92 Å². The van der Waals surface area contributed by atoms with Crippen molar-refractivity contribution >= 4 is 0 Å². The minimum absolute atomic E-state index is 0.202. The van der Waals surface area contributed by atoms with Crippen LogP contribution in [0.15, 0.2) is 0 Å². The predicted molar refractivity (Wildman–Crippen MR) is 70.1 cm³/mol. The van der Waals surface area contributed by atoms with Crippen LogP contribution in [-0.4, -0.2) is 42.8 Å². The van der Waals surface area contributed by atoms with E-state index < -0.39 is 12.7 Å². The van der Waals surface area contributed by atoms with Crippen LogP contribution in [0.4, 0.5) is 13.2 Å². The summed E-state index contributed by atoms with van der Waals surface area (Å²) in [5.74, 6) is 0.785. The van der Waals surface area contributed by atoms with E-state index in [0.717, 1.165) is 12.5 Å². The van der Waals surface area contributed by atoms with Gasteiger partial charge in [0.15, 0.2) is 0 Å². The first kappa shape index (κ1) is 15.1. The molecule has 0 aromatic carbocycles. The van der Waals surface area contributed by atoms with Crippen LogP contribution >= 0.6 is 0 Å². The lowest BCUT2D eigenvalue weighted by Gasteiger charge is -2.47. The van der Waals surface area contributed by atoms with Gasteiger partial charge >= 0.3 is 6.18 Å². The van der Waals surface area contributed by atoms with Gasteiger partial charge in [-0.15, -0.1) is 0 Å². The van der Waals surface area contributed by atoms with E-state index in [0.29, 0.717) is 12.6 Å². The first-order valence-corrected chi connectivity index (χ1v) is 7.50. The van der Waals surface area contributed by atoms with Crippen molar-refractivity contribution in [1.29, 1.82) is 0 Å². The fourth-order valence-electron chi connectivity index (χ4n) is 3.75. The Morgan fingerprint density at radius 1 is 1.16 bits per heavy atom. The minimum atomic E-state index is -4.10. The summed E-state index contributed by atoms with van der Waals surface area (Å²) in [7, 11) is 0. The standard InChI is InChI=1S/C14H25F3N2/c1-11(9-18-10-14(15,16)17)19-8-4-6-12-5-2-3-7-13(12)19/h11-13,18H,2-10H2,1H3. The molecule has 2 nitrogen and oxygen atoms in total. The predicted octanol–water partition coefficient (Wildman–Crippen LogP) is 3.18. The lowest BCUT2D eigenvalue weighted by molar-refractivity contribution is -0.125. The van der Waals surface area contributed by atoms with E-state index in [1.807, 2.05) is 0 Å². The summed E-state index contributed by atoms with van der Waals surface area (Å²) in [5, 5.41) is 2.55. The molecule has 0 radical (unpaired) electrons. The smallest absolute Gasteiger partial charge is 0.307 e. The number of hydrogen-bond donors (Lipinski definition) is 1. The summed E-state index contributed by atoms with van der Waals surface area (Å²) >= 11 is 0. The van der Waals surface area contributed by atoms with Crippen LogP contribution in [0.2, 0.25) is 0 Å². The van der Waals surface area contributed by atoms with Crippen molar-refractivity contribution in [2.75, 3.05) is 19.6 Å². The van der Waals surface area contributed by atoms with E-state index >= 15 is 0 Å². The Morgan fingerprint density at radius 3 is 2.58 bits per heavy atom. The lowest BCUT2D eigenvalue weighted by Crippen LogP contribution is -2.53. The molecule has 0 spiro atoms. The molecule has 2 fully saturated rings. The van der Waals surface area contributed by atoms with Gasteiger partial charge in [-0.05, 0) is 45.1 Å². The van der Waals surface area contributed by atoms with Gasteiger partial charge < -0.3 is 5.32 Å². The van der Waals surface area contributed by atoms with Crippen LogP contribution in [0.3, 0.4) is 0 Å². The highest BCUT2D eigenvalue weighted by molar-refractivity contribution is 4.90. The maximum absolute atomic E-state index is 12.1. The number of piperidine rings is 1. The molecule has 0 amide bonds. The molecule has 2 rings (SSSR count). The second kappa shape index (κ2) is 6.44. The van der Waals surface area contributed by atoms with Crippen LogP contribution in [-0.2, 0) is 0 Å². The van der Waals surface area contributed by atoms with E-state index in [-0.39, 0.29) is 6.04 Å². The average molecular weight is 278 g/mol. The molecule has 1 heterocycles. The van der Waals surface area contributed by atoms with Crippen molar-refractivity contribution in [1.82, 2.24) is 10.2 Å². The zero-order valence-corrected chi connectivity index (χ0v) is 11.7. The Morgan fingerprint density at radius 2 is 1.84 bits per heavy atom. The highest BCUT2D eigenvalue weighted by atomic mass is 19.4. The Balaban J connectivity index is 1.81. The number of hydrogen-bond acceptors (Lipinski definition) is 2. The van der Waals surface area contributed by atoms with Crippen molar-refractivity contribution in [3.05, 3.63) is 0 Å². The van der Waals surface area contributed by atoms with Crippen molar-refractivity contribution in [2.24, 2.45) is 5.92 Å². The molecule has 0 aromatic rings. The third-order valence-corrected chi connectivity index (χ3v) is 4.62. The Labute approximate surface area is 113 Å². The molecule has 1 saturated carbocycles. The van der Waals surface area contributed by atoms with E-state index in [1.165, 1.54) is 38.5 Å². The molecule has 5 heteroatoms. The van der Waals surface area contributed by atoms with Crippen LogP contribution < -0.4 is 5.32 Å². The quantitative estimate of drug-likeness (QED) is 0.849. The van der Waals surface area contributed by atoms with Gasteiger partial charge in [-0.25, -0.2) is 0 Å². The fourth-order valence-corrected chi connectivity index (χ4v) is 3.75. The molecule has 1 saturated heterocycles. The molecule has 0 bridgehead atoms. The van der Waals surface area contributed by atoms with E-state index in [9.17, 15) is 13.2 Å². The first-order valence-electron chi connectivity index (χ1n) is 7.50. The molecule has 1 N–H and O–H groups in total. The second-order valence-corrected chi connectivity index (χ2v) is 6.09. The topological polar surface area (TPSA) is 15.3 Å². The van der Waals surface area contributed by atoms with Crippen LogP contribution in [0.5, 0.6) is 0 Å². The summed E-state index contributed by atoms with van der Waals surface area (Å²) in [6.07, 6.45) is 3.55. The number of rotatable bonds is 4. The van der Waals surface area contributed by atoms with Gasteiger partial charge in [-0.2, -0.15) is 13.2 Å². The molecule has 3 atom stereocenters. The van der Waals surface area contributed by atoms with Gasteiger partial charge in [0.1, 0.15) is 0 Å². The minimum Gasteiger partial charge on any atom is -0.307 e. The van der Waals surface area contributed by atoms with Gasteiger partial charge in [0.2, 0.25) is 0 Å². The Hall–Kier alpha value is -0.290. The third kappa shape index (κ3) is 4.35. The average Bonchev–Trinajstić information content (AvgIpc) is 2.36. The molecule has 1 aliphatic heterocycles. The van der Waals surface area contributed by atoms with E-state index in [2.05, 4.69) is 17.1 Å². The summed E-state index contributed by atoms with van der Waals surface area (Å²) in [5.41, 5.74) is 0. The molecular formula is C14H25F3N2. The zero-order valence-electron chi connectivity index (χ0n) is 11.7. The monoisotopic (exact) mass is 278 g/mol. The molecule has 112 valence electrons. The molecule has 0 aromatic heterocycles. The second-order valence-electron chi connectivity index (χ2n) is 6.09. The summed E-state index contributed by atoms with van der Waals surface area (Å²) in [6, 6.07) is 0.818. The Bertz CT molecular complexity index is 278. The van der Waals surface area contributed by atoms with Gasteiger partial charge in [0.25, 0.3) is 0 Å². The van der Waals surface area contributed by atoms with Gasteiger partial charge in [0, 0.05) is 18.6 Å². The van der Waals surface area contributed by atoms with Crippen LogP contribution in [0.25, 0.3) is 0 Å². The van der Waals surface area contributed by atoms with Gasteiger partial charge in [-0.1, -0.05) is 12.8 Å². The zero-order chi connectivity index (χ0) is 13.9. The molecule has 2 aliphatic rings. The van der Waals surface area contributed by atoms with Gasteiger partial charge in [-0.3, -0.25) is 4.90 Å². The van der Waals surface area contributed by atoms with E-state index in [1.54, 1.807) is 0 Å². The van der Waals surface area contributed by atoms with Crippen LogP contribution in [0.1, 0.15) is 45.4 Å². The fraction of sp³-hybridized carbons (Fsp3) is 1.00. The SMILES string of the molecule is CC(CNCC(F)(F)F)N1CCCC2CCCCC21. The highest BCUT2D eigenvalue weighted by Gasteiger charge is 2.35. The first-order chi connectivity index (χ1) is 8.97. The number of fused-ring (bicyclic) bond motifs is 1. The van der Waals surface area contributed by atoms with E-state index in [4.69, 9.17) is 0 Å². The number of nitrogens with one attached hydrogen (secondary N) is 1. The highest BCUT2D eigenvalue weighted by Crippen LogP contribution is 2.36. The molecule has 19 heavy (non-hydrogen) atoms. The van der Waals surface area contributed by atoms with Crippen molar-refractivity contribution in [3.8, 4) is 0 Å². The third-order valence-electron chi connectivity index (χ3n) is 4.62.